The summed E-state index contributed by atoms with van der Waals surface area (Å²) in [4.78, 5) is 0. The van der Waals surface area contributed by atoms with Crippen molar-refractivity contribution in [2.45, 2.75) is 57.7 Å². The van der Waals surface area contributed by atoms with Gasteiger partial charge in [0.2, 0.25) is 0 Å². The van der Waals surface area contributed by atoms with Crippen LogP contribution in [0.4, 0.5) is 0 Å². The Kier molecular flexibility index (Phi) is 4.87. The van der Waals surface area contributed by atoms with Crippen molar-refractivity contribution in [1.82, 2.24) is 15.1 Å². The summed E-state index contributed by atoms with van der Waals surface area (Å²) in [5.74, 6) is 0. The van der Waals surface area contributed by atoms with Crippen LogP contribution in [-0.4, -0.2) is 29.0 Å². The molecule has 5 heteroatoms. The van der Waals surface area contributed by atoms with Crippen LogP contribution in [0.2, 0.25) is 5.02 Å². The van der Waals surface area contributed by atoms with E-state index in [-0.39, 0.29) is 11.6 Å². The molecule has 0 aromatic carbocycles. The van der Waals surface area contributed by atoms with Crippen LogP contribution in [0, 0.1) is 0 Å². The van der Waals surface area contributed by atoms with Crippen LogP contribution in [0.15, 0.2) is 6.20 Å². The lowest BCUT2D eigenvalue weighted by Crippen LogP contribution is -2.44. The van der Waals surface area contributed by atoms with E-state index in [0.717, 1.165) is 36.6 Å². The Hall–Kier alpha value is -0.580. The van der Waals surface area contributed by atoms with E-state index in [1.54, 1.807) is 6.20 Å². The third-order valence-electron chi connectivity index (χ3n) is 4.20. The molecule has 0 saturated heterocycles. The van der Waals surface area contributed by atoms with Crippen LogP contribution in [0.1, 0.15) is 51.3 Å². The molecule has 1 aliphatic carbocycles. The molecule has 1 N–H and O–H groups in total. The quantitative estimate of drug-likeness (QED) is 0.873. The molecule has 108 valence electrons. The molecule has 1 heterocycles. The smallest absolute Gasteiger partial charge is 0.0888 e. The summed E-state index contributed by atoms with van der Waals surface area (Å²) in [7, 11) is 1.82. The Morgan fingerprint density at radius 1 is 1.47 bits per heavy atom. The molecule has 1 atom stereocenters. The van der Waals surface area contributed by atoms with E-state index in [9.17, 15) is 0 Å². The predicted octanol–water partition coefficient (Wildman–Crippen LogP) is 3.17. The number of hydrogen-bond acceptors (Lipinski definition) is 3. The Morgan fingerprint density at radius 2 is 2.16 bits per heavy atom. The van der Waals surface area contributed by atoms with Crippen molar-refractivity contribution in [3.05, 3.63) is 16.9 Å². The number of halogens is 1. The molecule has 2 rings (SSSR count). The monoisotopic (exact) mass is 285 g/mol. The second kappa shape index (κ2) is 6.25. The molecule has 1 fully saturated rings. The number of nitrogens with one attached hydrogen (secondary N) is 1. The zero-order chi connectivity index (χ0) is 13.9. The lowest BCUT2D eigenvalue weighted by Gasteiger charge is -2.37. The summed E-state index contributed by atoms with van der Waals surface area (Å²) in [6, 6.07) is 0.111. The van der Waals surface area contributed by atoms with Gasteiger partial charge in [-0.25, -0.2) is 0 Å². The molecule has 1 aromatic rings. The fraction of sp³-hybridized carbons (Fsp3) is 0.786. The molecule has 0 spiro atoms. The lowest BCUT2D eigenvalue weighted by molar-refractivity contribution is -0.0385. The van der Waals surface area contributed by atoms with Gasteiger partial charge in [0.25, 0.3) is 0 Å². The van der Waals surface area contributed by atoms with Crippen LogP contribution in [0.3, 0.4) is 0 Å². The van der Waals surface area contributed by atoms with E-state index in [4.69, 9.17) is 16.3 Å². The number of methoxy groups -OCH3 is 1. The molecule has 1 unspecified atom stereocenters. The first-order valence-electron chi connectivity index (χ1n) is 7.18. The van der Waals surface area contributed by atoms with Crippen LogP contribution in [-0.2, 0) is 11.3 Å². The van der Waals surface area contributed by atoms with Gasteiger partial charge in [0.1, 0.15) is 0 Å². The number of aromatic nitrogens is 2. The van der Waals surface area contributed by atoms with E-state index >= 15 is 0 Å². The van der Waals surface area contributed by atoms with Gasteiger partial charge in [-0.05, 0) is 26.3 Å². The van der Waals surface area contributed by atoms with Crippen molar-refractivity contribution < 1.29 is 4.74 Å². The Labute approximate surface area is 120 Å². The summed E-state index contributed by atoms with van der Waals surface area (Å²) in [6.07, 6.45) is 6.32. The number of nitrogens with zero attached hydrogens (tertiary/aromatic N) is 2. The maximum atomic E-state index is 6.37. The van der Waals surface area contributed by atoms with E-state index in [0.29, 0.717) is 0 Å². The van der Waals surface area contributed by atoms with Crippen molar-refractivity contribution in [2.24, 2.45) is 0 Å². The van der Waals surface area contributed by atoms with Gasteiger partial charge in [0.15, 0.2) is 0 Å². The summed E-state index contributed by atoms with van der Waals surface area (Å²) < 4.78 is 7.91. The average Bonchev–Trinajstić information content (AvgIpc) is 3.03. The Balaban J connectivity index is 2.41. The van der Waals surface area contributed by atoms with Gasteiger partial charge in [-0.15, -0.1) is 0 Å². The number of ether oxygens (including phenoxy) is 1. The molecular formula is C14H24ClN3O. The van der Waals surface area contributed by atoms with E-state index < -0.39 is 0 Å². The fourth-order valence-corrected chi connectivity index (χ4v) is 3.48. The molecule has 19 heavy (non-hydrogen) atoms. The summed E-state index contributed by atoms with van der Waals surface area (Å²) in [5, 5.41) is 8.66. The highest BCUT2D eigenvalue weighted by Gasteiger charge is 2.44. The molecule has 0 bridgehead atoms. The number of hydrogen-bond donors (Lipinski definition) is 1. The molecule has 1 saturated carbocycles. The Morgan fingerprint density at radius 3 is 2.68 bits per heavy atom. The van der Waals surface area contributed by atoms with Gasteiger partial charge in [-0.2, -0.15) is 5.10 Å². The SMILES string of the molecule is CCNC(c1c(Cl)cnn1CC)C1(OC)CCCC1. The molecule has 1 aromatic heterocycles. The summed E-state index contributed by atoms with van der Waals surface area (Å²) in [6.45, 7) is 5.92. The molecular weight excluding hydrogens is 262 g/mol. The van der Waals surface area contributed by atoms with Crippen LogP contribution < -0.4 is 5.32 Å². The molecule has 0 amide bonds. The molecule has 0 radical (unpaired) electrons. The Bertz CT molecular complexity index is 413. The average molecular weight is 286 g/mol. The van der Waals surface area contributed by atoms with Crippen LogP contribution in [0.5, 0.6) is 0 Å². The van der Waals surface area contributed by atoms with Crippen molar-refractivity contribution in [1.29, 1.82) is 0 Å². The van der Waals surface area contributed by atoms with Gasteiger partial charge in [-0.1, -0.05) is 31.4 Å². The van der Waals surface area contributed by atoms with E-state index in [1.165, 1.54) is 12.8 Å². The van der Waals surface area contributed by atoms with Crippen molar-refractivity contribution >= 4 is 11.6 Å². The maximum Gasteiger partial charge on any atom is 0.0888 e. The third-order valence-corrected chi connectivity index (χ3v) is 4.49. The lowest BCUT2D eigenvalue weighted by atomic mass is 9.89. The second-order valence-corrected chi connectivity index (χ2v) is 5.57. The number of rotatable bonds is 6. The topological polar surface area (TPSA) is 39.1 Å². The molecule has 4 nitrogen and oxygen atoms in total. The van der Waals surface area contributed by atoms with Gasteiger partial charge in [-0.3, -0.25) is 4.68 Å². The zero-order valence-electron chi connectivity index (χ0n) is 12.1. The first kappa shape index (κ1) is 14.8. The van der Waals surface area contributed by atoms with Crippen molar-refractivity contribution in [3.8, 4) is 0 Å². The normalized spacial score (nSPS) is 19.8. The largest absolute Gasteiger partial charge is 0.376 e. The van der Waals surface area contributed by atoms with E-state index in [1.807, 2.05) is 11.8 Å². The van der Waals surface area contributed by atoms with Crippen LogP contribution >= 0.6 is 11.6 Å². The minimum atomic E-state index is -0.146. The van der Waals surface area contributed by atoms with Crippen LogP contribution in [0.25, 0.3) is 0 Å². The van der Waals surface area contributed by atoms with Gasteiger partial charge in [0, 0.05) is 13.7 Å². The third kappa shape index (κ3) is 2.67. The van der Waals surface area contributed by atoms with Crippen molar-refractivity contribution in [3.63, 3.8) is 0 Å². The fourth-order valence-electron chi connectivity index (χ4n) is 3.23. The standard InChI is InChI=1S/C14H24ClN3O/c1-4-16-13(14(19-3)8-6-7-9-14)12-11(15)10-17-18(12)5-2/h10,13,16H,4-9H2,1-3H3. The second-order valence-electron chi connectivity index (χ2n) is 5.16. The highest BCUT2D eigenvalue weighted by molar-refractivity contribution is 6.31. The first-order chi connectivity index (χ1) is 9.18. The highest BCUT2D eigenvalue weighted by Crippen LogP contribution is 2.44. The van der Waals surface area contributed by atoms with Crippen molar-refractivity contribution in [2.75, 3.05) is 13.7 Å². The summed E-state index contributed by atoms with van der Waals surface area (Å²) >= 11 is 6.37. The minimum Gasteiger partial charge on any atom is -0.376 e. The number of aryl methyl sites for hydroxylation is 1. The summed E-state index contributed by atoms with van der Waals surface area (Å²) in [5.41, 5.74) is 0.918. The van der Waals surface area contributed by atoms with E-state index in [2.05, 4.69) is 24.3 Å². The minimum absolute atomic E-state index is 0.111. The highest BCUT2D eigenvalue weighted by atomic mass is 35.5. The maximum absolute atomic E-state index is 6.37. The van der Waals surface area contributed by atoms with Gasteiger partial charge < -0.3 is 10.1 Å². The molecule has 1 aliphatic rings. The van der Waals surface area contributed by atoms with Gasteiger partial charge in [0.05, 0.1) is 28.6 Å². The predicted molar refractivity (Wildman–Crippen MR) is 77.5 cm³/mol. The molecule has 0 aliphatic heterocycles. The van der Waals surface area contributed by atoms with Gasteiger partial charge >= 0.3 is 0 Å². The first-order valence-corrected chi connectivity index (χ1v) is 7.56. The number of likely N-dealkylation sites (N-methyl/N-ethyl adjacent to an activating group) is 1. The zero-order valence-corrected chi connectivity index (χ0v) is 12.8.